The Morgan fingerprint density at radius 1 is 1.67 bits per heavy atom. The molecule has 0 radical (unpaired) electrons. The van der Waals surface area contributed by atoms with Crippen LogP contribution in [0.25, 0.3) is 5.52 Å². The molecule has 0 aromatic carbocycles. The summed E-state index contributed by atoms with van der Waals surface area (Å²) < 4.78 is 1.75. The average Bonchev–Trinajstić information content (AvgIpc) is 2.59. The monoisotopic (exact) mass is 224 g/mol. The van der Waals surface area contributed by atoms with Crippen LogP contribution in [0.15, 0.2) is 24.7 Å². The van der Waals surface area contributed by atoms with Crippen LogP contribution in [0.2, 0.25) is 5.15 Å². The number of pyridine rings is 1. The van der Waals surface area contributed by atoms with Crippen molar-refractivity contribution in [3.8, 4) is 0 Å². The SMILES string of the molecule is CC(C(=O)O)c1ccn2cnc(Cl)c2c1. The molecule has 15 heavy (non-hydrogen) atoms. The van der Waals surface area contributed by atoms with E-state index in [1.807, 2.05) is 0 Å². The zero-order valence-corrected chi connectivity index (χ0v) is 8.77. The van der Waals surface area contributed by atoms with Crippen molar-refractivity contribution in [2.75, 3.05) is 0 Å². The van der Waals surface area contributed by atoms with Gasteiger partial charge in [0.05, 0.1) is 11.4 Å². The lowest BCUT2D eigenvalue weighted by molar-refractivity contribution is -0.138. The summed E-state index contributed by atoms with van der Waals surface area (Å²) in [6, 6.07) is 3.50. The van der Waals surface area contributed by atoms with Gasteiger partial charge in [0, 0.05) is 6.20 Å². The summed E-state index contributed by atoms with van der Waals surface area (Å²) in [5, 5.41) is 9.26. The van der Waals surface area contributed by atoms with E-state index in [0.29, 0.717) is 5.15 Å². The Morgan fingerprint density at radius 3 is 3.07 bits per heavy atom. The zero-order chi connectivity index (χ0) is 11.0. The molecule has 1 unspecified atom stereocenters. The van der Waals surface area contributed by atoms with Gasteiger partial charge in [0.1, 0.15) is 6.33 Å². The highest BCUT2D eigenvalue weighted by atomic mass is 35.5. The van der Waals surface area contributed by atoms with Crippen molar-refractivity contribution in [2.24, 2.45) is 0 Å². The fraction of sp³-hybridized carbons (Fsp3) is 0.200. The van der Waals surface area contributed by atoms with Crippen molar-refractivity contribution >= 4 is 23.1 Å². The second-order valence-corrected chi connectivity index (χ2v) is 3.71. The molecule has 1 atom stereocenters. The van der Waals surface area contributed by atoms with Crippen LogP contribution in [-0.4, -0.2) is 20.5 Å². The summed E-state index contributed by atoms with van der Waals surface area (Å²) in [6.45, 7) is 1.64. The highest BCUT2D eigenvalue weighted by Gasteiger charge is 2.14. The molecule has 4 nitrogen and oxygen atoms in total. The fourth-order valence-electron chi connectivity index (χ4n) is 1.38. The van der Waals surface area contributed by atoms with Crippen molar-refractivity contribution in [2.45, 2.75) is 12.8 Å². The number of imidazole rings is 1. The smallest absolute Gasteiger partial charge is 0.310 e. The number of aliphatic carboxylic acids is 1. The van der Waals surface area contributed by atoms with Crippen molar-refractivity contribution in [3.63, 3.8) is 0 Å². The van der Waals surface area contributed by atoms with Crippen LogP contribution in [0.3, 0.4) is 0 Å². The third-order valence-corrected chi connectivity index (χ3v) is 2.68. The van der Waals surface area contributed by atoms with Crippen molar-refractivity contribution < 1.29 is 9.90 Å². The van der Waals surface area contributed by atoms with Gasteiger partial charge < -0.3 is 9.51 Å². The van der Waals surface area contributed by atoms with Crippen molar-refractivity contribution in [1.29, 1.82) is 0 Å². The quantitative estimate of drug-likeness (QED) is 0.851. The van der Waals surface area contributed by atoms with Gasteiger partial charge in [-0.05, 0) is 24.6 Å². The van der Waals surface area contributed by atoms with Gasteiger partial charge in [-0.2, -0.15) is 0 Å². The Bertz CT molecular complexity index is 521. The van der Waals surface area contributed by atoms with Crippen LogP contribution in [0.5, 0.6) is 0 Å². The molecule has 0 bridgehead atoms. The summed E-state index contributed by atoms with van der Waals surface area (Å²) in [4.78, 5) is 14.7. The minimum atomic E-state index is -0.852. The number of hydrogen-bond donors (Lipinski definition) is 1. The van der Waals surface area contributed by atoms with Gasteiger partial charge in [-0.3, -0.25) is 4.79 Å². The second-order valence-electron chi connectivity index (χ2n) is 3.35. The molecule has 0 saturated heterocycles. The van der Waals surface area contributed by atoms with Crippen molar-refractivity contribution in [3.05, 3.63) is 35.4 Å². The van der Waals surface area contributed by atoms with Crippen LogP contribution in [0.4, 0.5) is 0 Å². The Kier molecular flexibility index (Phi) is 2.36. The van der Waals surface area contributed by atoms with Crippen LogP contribution >= 0.6 is 11.6 Å². The first-order chi connectivity index (χ1) is 7.09. The highest BCUT2D eigenvalue weighted by Crippen LogP contribution is 2.21. The molecule has 0 amide bonds. The van der Waals surface area contributed by atoms with E-state index in [2.05, 4.69) is 4.98 Å². The molecule has 78 valence electrons. The van der Waals surface area contributed by atoms with E-state index in [0.717, 1.165) is 11.1 Å². The van der Waals surface area contributed by atoms with Crippen molar-refractivity contribution in [1.82, 2.24) is 9.38 Å². The first-order valence-electron chi connectivity index (χ1n) is 4.44. The maximum atomic E-state index is 10.8. The number of carboxylic acids is 1. The summed E-state index contributed by atoms with van der Waals surface area (Å²) in [5.41, 5.74) is 1.44. The molecule has 0 aliphatic carbocycles. The molecule has 2 rings (SSSR count). The van der Waals surface area contributed by atoms with E-state index in [4.69, 9.17) is 16.7 Å². The second kappa shape index (κ2) is 3.55. The van der Waals surface area contributed by atoms with E-state index >= 15 is 0 Å². The lowest BCUT2D eigenvalue weighted by Gasteiger charge is -2.06. The first-order valence-corrected chi connectivity index (χ1v) is 4.82. The van der Waals surface area contributed by atoms with Crippen LogP contribution in [0, 0.1) is 0 Å². The molecular formula is C10H9ClN2O2. The number of carboxylic acid groups (broad SMARTS) is 1. The zero-order valence-electron chi connectivity index (χ0n) is 8.01. The third kappa shape index (κ3) is 1.68. The summed E-state index contributed by atoms with van der Waals surface area (Å²) in [5.74, 6) is -1.39. The molecule has 5 heteroatoms. The maximum Gasteiger partial charge on any atom is 0.310 e. The van der Waals surface area contributed by atoms with E-state index < -0.39 is 11.9 Å². The molecule has 1 N–H and O–H groups in total. The molecular weight excluding hydrogens is 216 g/mol. The summed E-state index contributed by atoms with van der Waals surface area (Å²) >= 11 is 5.85. The average molecular weight is 225 g/mol. The van der Waals surface area contributed by atoms with E-state index in [-0.39, 0.29) is 0 Å². The van der Waals surface area contributed by atoms with E-state index in [1.54, 1.807) is 36.0 Å². The van der Waals surface area contributed by atoms with Gasteiger partial charge in [0.25, 0.3) is 0 Å². The van der Waals surface area contributed by atoms with E-state index in [9.17, 15) is 4.79 Å². The molecule has 0 spiro atoms. The largest absolute Gasteiger partial charge is 0.481 e. The number of carbonyl (C=O) groups is 1. The minimum Gasteiger partial charge on any atom is -0.481 e. The topological polar surface area (TPSA) is 54.6 Å². The normalized spacial score (nSPS) is 12.9. The Hall–Kier alpha value is -1.55. The van der Waals surface area contributed by atoms with Gasteiger partial charge >= 0.3 is 5.97 Å². The standard InChI is InChI=1S/C10H9ClN2O2/c1-6(10(14)15)7-2-3-13-5-12-9(11)8(13)4-7/h2-6H,1H3,(H,14,15). The van der Waals surface area contributed by atoms with Gasteiger partial charge in [0.2, 0.25) is 0 Å². The van der Waals surface area contributed by atoms with Crippen LogP contribution in [0.1, 0.15) is 18.4 Å². The number of halogens is 1. The lowest BCUT2D eigenvalue weighted by atomic mass is 10.0. The van der Waals surface area contributed by atoms with Gasteiger partial charge in [-0.1, -0.05) is 11.6 Å². The predicted molar refractivity (Wildman–Crippen MR) is 56.3 cm³/mol. The lowest BCUT2D eigenvalue weighted by Crippen LogP contribution is -2.07. The van der Waals surface area contributed by atoms with E-state index in [1.165, 1.54) is 0 Å². The number of rotatable bonds is 2. The number of nitrogens with zero attached hydrogens (tertiary/aromatic N) is 2. The third-order valence-electron chi connectivity index (χ3n) is 2.39. The first kappa shape index (κ1) is 9.98. The summed E-state index contributed by atoms with van der Waals surface area (Å²) in [6.07, 6.45) is 3.34. The molecule has 0 saturated carbocycles. The molecule has 0 fully saturated rings. The number of aromatic nitrogens is 2. The fourth-order valence-corrected chi connectivity index (χ4v) is 1.58. The molecule has 0 aliphatic heterocycles. The molecule has 2 heterocycles. The Morgan fingerprint density at radius 2 is 2.40 bits per heavy atom. The molecule has 0 aliphatic rings. The highest BCUT2D eigenvalue weighted by molar-refractivity contribution is 6.32. The van der Waals surface area contributed by atoms with Gasteiger partial charge in [0.15, 0.2) is 5.15 Å². The minimum absolute atomic E-state index is 0.384. The van der Waals surface area contributed by atoms with Crippen LogP contribution < -0.4 is 0 Å². The predicted octanol–water partition coefficient (Wildman–Crippen LogP) is 2.18. The summed E-state index contributed by atoms with van der Waals surface area (Å²) in [7, 11) is 0. The Balaban J connectivity index is 2.54. The van der Waals surface area contributed by atoms with Crippen LogP contribution in [-0.2, 0) is 4.79 Å². The molecule has 2 aromatic heterocycles. The molecule has 2 aromatic rings. The van der Waals surface area contributed by atoms with Gasteiger partial charge in [-0.15, -0.1) is 0 Å². The Labute approximate surface area is 91.1 Å². The number of hydrogen-bond acceptors (Lipinski definition) is 2. The van der Waals surface area contributed by atoms with Gasteiger partial charge in [-0.25, -0.2) is 4.98 Å². The maximum absolute atomic E-state index is 10.8. The number of fused-ring (bicyclic) bond motifs is 1.